The van der Waals surface area contributed by atoms with E-state index in [1.807, 2.05) is 0 Å². The number of hydrogen-bond donors (Lipinski definition) is 2. The first kappa shape index (κ1) is 35.5. The highest BCUT2D eigenvalue weighted by Gasteiger charge is 2.05. The lowest BCUT2D eigenvalue weighted by atomic mass is 10.5. The van der Waals surface area contributed by atoms with Crippen molar-refractivity contribution in [3.8, 4) is 0 Å². The SMILES string of the molecule is O=C(CCSCCCS(=O)CCSCCSC(=O)CCSCCCOOCCCO)OCCCO. The normalized spacial score (nSPS) is 12.1. The first-order valence-electron chi connectivity index (χ1n) is 12.0. The minimum atomic E-state index is -0.817. The molecule has 8 nitrogen and oxygen atoms in total. The molecule has 0 aromatic heterocycles. The average molecular weight is 595 g/mol. The first-order chi connectivity index (χ1) is 17.1. The van der Waals surface area contributed by atoms with Crippen LogP contribution >= 0.6 is 47.0 Å². The summed E-state index contributed by atoms with van der Waals surface area (Å²) in [5, 5.41) is 17.5. The maximum absolute atomic E-state index is 12.1. The fourth-order valence-corrected chi connectivity index (χ4v) is 7.66. The molecule has 0 spiro atoms. The summed E-state index contributed by atoms with van der Waals surface area (Å²) in [7, 11) is -0.817. The maximum Gasteiger partial charge on any atom is 0.306 e. The molecule has 0 aliphatic heterocycles. The molecule has 0 radical (unpaired) electrons. The van der Waals surface area contributed by atoms with E-state index in [9.17, 15) is 13.8 Å². The van der Waals surface area contributed by atoms with Gasteiger partial charge in [-0.15, -0.1) is 0 Å². The molecule has 0 fully saturated rings. The van der Waals surface area contributed by atoms with Crippen LogP contribution in [0.15, 0.2) is 0 Å². The van der Waals surface area contributed by atoms with E-state index in [-0.39, 0.29) is 30.9 Å². The van der Waals surface area contributed by atoms with Gasteiger partial charge in [-0.3, -0.25) is 13.8 Å². The van der Waals surface area contributed by atoms with Crippen LogP contribution in [0.1, 0.15) is 38.5 Å². The Bertz CT molecular complexity index is 528. The van der Waals surface area contributed by atoms with E-state index in [2.05, 4.69) is 0 Å². The quantitative estimate of drug-likeness (QED) is 0.0630. The van der Waals surface area contributed by atoms with Crippen LogP contribution in [0.3, 0.4) is 0 Å². The van der Waals surface area contributed by atoms with Crippen molar-refractivity contribution in [2.75, 3.05) is 84.8 Å². The van der Waals surface area contributed by atoms with Gasteiger partial charge in [0.2, 0.25) is 0 Å². The van der Waals surface area contributed by atoms with Crippen molar-refractivity contribution in [3.63, 3.8) is 0 Å². The fourth-order valence-electron chi connectivity index (χ4n) is 2.26. The average Bonchev–Trinajstić information content (AvgIpc) is 2.84. The van der Waals surface area contributed by atoms with Crippen LogP contribution in [-0.2, 0) is 34.9 Å². The molecule has 0 bridgehead atoms. The molecule has 208 valence electrons. The lowest BCUT2D eigenvalue weighted by Crippen LogP contribution is -2.08. The maximum atomic E-state index is 12.1. The molecule has 0 aliphatic carbocycles. The van der Waals surface area contributed by atoms with Crippen LogP contribution in [0, 0.1) is 0 Å². The van der Waals surface area contributed by atoms with Gasteiger partial charge >= 0.3 is 5.97 Å². The van der Waals surface area contributed by atoms with Crippen molar-refractivity contribution in [1.29, 1.82) is 0 Å². The van der Waals surface area contributed by atoms with Gasteiger partial charge in [-0.2, -0.15) is 35.3 Å². The minimum Gasteiger partial charge on any atom is -0.466 e. The smallest absolute Gasteiger partial charge is 0.306 e. The van der Waals surface area contributed by atoms with Crippen molar-refractivity contribution in [2.24, 2.45) is 0 Å². The van der Waals surface area contributed by atoms with Gasteiger partial charge in [0, 0.05) is 77.1 Å². The number of thioether (sulfide) groups is 4. The lowest BCUT2D eigenvalue weighted by molar-refractivity contribution is -0.295. The standard InChI is InChI=1S/C22H42O8S5/c23-7-1-9-28-21(25)5-14-32-13-4-19-35(27)20-18-33-16-17-34-22(26)6-15-31-12-3-11-30-29-10-2-8-24/h23-24H,1-20H2. The summed E-state index contributed by atoms with van der Waals surface area (Å²) in [6.07, 6.45) is 3.72. The highest BCUT2D eigenvalue weighted by atomic mass is 32.2. The van der Waals surface area contributed by atoms with Crippen LogP contribution in [0.4, 0.5) is 0 Å². The number of aliphatic hydroxyl groups excluding tert-OH is 2. The number of carbonyl (C=O) groups is 2. The predicted molar refractivity (Wildman–Crippen MR) is 152 cm³/mol. The van der Waals surface area contributed by atoms with Crippen LogP contribution in [0.5, 0.6) is 0 Å². The highest BCUT2D eigenvalue weighted by Crippen LogP contribution is 2.13. The van der Waals surface area contributed by atoms with E-state index in [0.717, 1.165) is 47.4 Å². The van der Waals surface area contributed by atoms with Crippen LogP contribution < -0.4 is 0 Å². The zero-order valence-electron chi connectivity index (χ0n) is 20.5. The van der Waals surface area contributed by atoms with Gasteiger partial charge in [-0.25, -0.2) is 9.78 Å². The van der Waals surface area contributed by atoms with Crippen molar-refractivity contribution in [2.45, 2.75) is 38.5 Å². The van der Waals surface area contributed by atoms with Crippen molar-refractivity contribution in [1.82, 2.24) is 0 Å². The van der Waals surface area contributed by atoms with Gasteiger partial charge in [0.25, 0.3) is 0 Å². The number of carbonyl (C=O) groups excluding carboxylic acids is 2. The Morgan fingerprint density at radius 3 is 2.03 bits per heavy atom. The Labute approximate surface area is 229 Å². The molecule has 0 aromatic rings. The molecule has 0 rings (SSSR count). The van der Waals surface area contributed by atoms with Gasteiger partial charge in [0.15, 0.2) is 5.12 Å². The van der Waals surface area contributed by atoms with Crippen molar-refractivity contribution >= 4 is 68.9 Å². The molecule has 0 saturated heterocycles. The Morgan fingerprint density at radius 2 is 1.29 bits per heavy atom. The zero-order chi connectivity index (χ0) is 25.8. The lowest BCUT2D eigenvalue weighted by Gasteiger charge is -2.05. The number of hydrogen-bond acceptors (Lipinski definition) is 12. The molecular formula is C22H42O8S5. The molecule has 0 saturated carbocycles. The van der Waals surface area contributed by atoms with E-state index >= 15 is 0 Å². The highest BCUT2D eigenvalue weighted by molar-refractivity contribution is 8.14. The summed E-state index contributed by atoms with van der Waals surface area (Å²) in [5.41, 5.74) is 0. The molecule has 1 unspecified atom stereocenters. The van der Waals surface area contributed by atoms with Crippen molar-refractivity contribution < 1.29 is 38.5 Å². The third-order valence-electron chi connectivity index (χ3n) is 4.06. The van der Waals surface area contributed by atoms with E-state index in [0.29, 0.717) is 56.2 Å². The van der Waals surface area contributed by atoms with Gasteiger partial charge in [-0.05, 0) is 30.8 Å². The molecule has 0 amide bonds. The number of rotatable bonds is 27. The van der Waals surface area contributed by atoms with Gasteiger partial charge in [-0.1, -0.05) is 11.8 Å². The second kappa shape index (κ2) is 29.1. The Morgan fingerprint density at radius 1 is 0.657 bits per heavy atom. The van der Waals surface area contributed by atoms with E-state index < -0.39 is 10.8 Å². The zero-order valence-corrected chi connectivity index (χ0v) is 24.6. The largest absolute Gasteiger partial charge is 0.466 e. The minimum absolute atomic E-state index is 0.0269. The first-order valence-corrected chi connectivity index (χ1v) is 17.9. The second-order valence-corrected chi connectivity index (χ2v) is 13.7. The third-order valence-corrected chi connectivity index (χ3v) is 10.0. The fraction of sp³-hybridized carbons (Fsp3) is 0.909. The topological polar surface area (TPSA) is 119 Å². The molecule has 0 aliphatic rings. The Kier molecular flexibility index (Phi) is 29.5. The second-order valence-electron chi connectivity index (χ2n) is 7.13. The summed E-state index contributed by atoms with van der Waals surface area (Å²) in [4.78, 5) is 33.2. The number of aliphatic hydroxyl groups is 2. The predicted octanol–water partition coefficient (Wildman–Crippen LogP) is 3.01. The summed E-state index contributed by atoms with van der Waals surface area (Å²) in [6.45, 7) is 1.32. The monoisotopic (exact) mass is 594 g/mol. The summed E-state index contributed by atoms with van der Waals surface area (Å²) in [5.74, 6) is 6.97. The Balaban J connectivity index is 3.34. The summed E-state index contributed by atoms with van der Waals surface area (Å²) in [6, 6.07) is 0. The van der Waals surface area contributed by atoms with E-state index in [4.69, 9.17) is 24.7 Å². The number of ether oxygens (including phenoxy) is 1. The molecule has 1 atom stereocenters. The van der Waals surface area contributed by atoms with Gasteiger partial charge in [0.05, 0.1) is 26.2 Å². The van der Waals surface area contributed by atoms with E-state index in [1.165, 1.54) is 11.8 Å². The molecule has 2 N–H and O–H groups in total. The van der Waals surface area contributed by atoms with Gasteiger partial charge in [0.1, 0.15) is 0 Å². The molecular weight excluding hydrogens is 553 g/mol. The Hall–Kier alpha value is 0.530. The van der Waals surface area contributed by atoms with Gasteiger partial charge < -0.3 is 14.9 Å². The van der Waals surface area contributed by atoms with Crippen LogP contribution in [-0.4, -0.2) is 110 Å². The van der Waals surface area contributed by atoms with Crippen molar-refractivity contribution in [3.05, 3.63) is 0 Å². The van der Waals surface area contributed by atoms with E-state index in [1.54, 1.807) is 35.3 Å². The molecule has 0 heterocycles. The van der Waals surface area contributed by atoms with Crippen LogP contribution in [0.2, 0.25) is 0 Å². The molecule has 0 aromatic carbocycles. The number of esters is 1. The van der Waals surface area contributed by atoms with Crippen LogP contribution in [0.25, 0.3) is 0 Å². The third kappa shape index (κ3) is 28.9. The summed E-state index contributed by atoms with van der Waals surface area (Å²) < 4.78 is 17.0. The molecule has 13 heteroatoms. The molecule has 35 heavy (non-hydrogen) atoms. The summed E-state index contributed by atoms with van der Waals surface area (Å²) >= 11 is 6.53.